The third kappa shape index (κ3) is 3.26. The summed E-state index contributed by atoms with van der Waals surface area (Å²) in [5.41, 5.74) is 1.76. The quantitative estimate of drug-likeness (QED) is 0.661. The van der Waals surface area contributed by atoms with Crippen LogP contribution in [-0.4, -0.2) is 25.3 Å². The van der Waals surface area contributed by atoms with Crippen LogP contribution in [0.1, 0.15) is 12.5 Å². The Balaban J connectivity index is 1.67. The zero-order chi connectivity index (χ0) is 19.0. The minimum Gasteiger partial charge on any atom is -0.486 e. The van der Waals surface area contributed by atoms with E-state index in [1.165, 1.54) is 6.92 Å². The van der Waals surface area contributed by atoms with E-state index < -0.39 is 0 Å². The molecule has 0 saturated heterocycles. The van der Waals surface area contributed by atoms with Gasteiger partial charge in [-0.2, -0.15) is 0 Å². The monoisotopic (exact) mass is 366 g/mol. The number of hydrogen-bond donors (Lipinski definition) is 0. The highest BCUT2D eigenvalue weighted by molar-refractivity contribution is 5.80. The maximum Gasteiger partial charge on any atom is 0.302 e. The van der Waals surface area contributed by atoms with E-state index in [1.807, 2.05) is 18.2 Å². The van der Waals surface area contributed by atoms with E-state index in [1.54, 1.807) is 31.2 Å². The van der Waals surface area contributed by atoms with Crippen LogP contribution in [0, 0.1) is 6.92 Å². The van der Waals surface area contributed by atoms with Crippen molar-refractivity contribution >= 4 is 16.9 Å². The summed E-state index contributed by atoms with van der Waals surface area (Å²) in [4.78, 5) is 23.6. The fraction of sp³-hybridized carbons (Fsp3) is 0.238. The zero-order valence-electron chi connectivity index (χ0n) is 15.0. The summed E-state index contributed by atoms with van der Waals surface area (Å²) in [5.74, 6) is 1.26. The molecule has 0 spiro atoms. The lowest BCUT2D eigenvalue weighted by atomic mass is 10.0. The van der Waals surface area contributed by atoms with E-state index in [9.17, 15) is 9.59 Å². The molecule has 0 bridgehead atoms. The first-order chi connectivity index (χ1) is 13.0. The van der Waals surface area contributed by atoms with Gasteiger partial charge in [0.2, 0.25) is 0 Å². The van der Waals surface area contributed by atoms with Crippen molar-refractivity contribution in [1.29, 1.82) is 0 Å². The SMILES string of the molecule is CC(=O)OCC1COc2cc(-c3oc4ccccc4c(=O)c3C)ccc2O1. The Kier molecular flexibility index (Phi) is 4.32. The number of fused-ring (bicyclic) bond motifs is 2. The predicted molar refractivity (Wildman–Crippen MR) is 99.2 cm³/mol. The number of hydrogen-bond acceptors (Lipinski definition) is 6. The van der Waals surface area contributed by atoms with E-state index in [0.717, 1.165) is 5.56 Å². The molecule has 6 nitrogen and oxygen atoms in total. The minimum atomic E-state index is -0.360. The van der Waals surface area contributed by atoms with Crippen LogP contribution in [0.25, 0.3) is 22.3 Å². The normalized spacial score (nSPS) is 15.6. The summed E-state index contributed by atoms with van der Waals surface area (Å²) < 4.78 is 22.5. The third-order valence-electron chi connectivity index (χ3n) is 4.42. The van der Waals surface area contributed by atoms with Gasteiger partial charge in [-0.05, 0) is 37.3 Å². The van der Waals surface area contributed by atoms with Crippen LogP contribution in [-0.2, 0) is 9.53 Å². The van der Waals surface area contributed by atoms with Gasteiger partial charge in [0.25, 0.3) is 0 Å². The Hall–Kier alpha value is -3.28. The lowest BCUT2D eigenvalue weighted by molar-refractivity contribution is -0.144. The molecule has 0 amide bonds. The van der Waals surface area contributed by atoms with Gasteiger partial charge >= 0.3 is 5.97 Å². The molecule has 2 heterocycles. The molecular weight excluding hydrogens is 348 g/mol. The van der Waals surface area contributed by atoms with E-state index in [2.05, 4.69) is 0 Å². The van der Waals surface area contributed by atoms with Crippen molar-refractivity contribution in [3.63, 3.8) is 0 Å². The van der Waals surface area contributed by atoms with Crippen molar-refractivity contribution in [2.24, 2.45) is 0 Å². The van der Waals surface area contributed by atoms with Gasteiger partial charge in [-0.15, -0.1) is 0 Å². The van der Waals surface area contributed by atoms with Crippen LogP contribution in [0.3, 0.4) is 0 Å². The van der Waals surface area contributed by atoms with Gasteiger partial charge < -0.3 is 18.6 Å². The Morgan fingerprint density at radius 2 is 2.00 bits per heavy atom. The fourth-order valence-electron chi connectivity index (χ4n) is 3.06. The first-order valence-corrected chi connectivity index (χ1v) is 8.62. The minimum absolute atomic E-state index is 0.0526. The summed E-state index contributed by atoms with van der Waals surface area (Å²) in [6.07, 6.45) is -0.354. The van der Waals surface area contributed by atoms with Crippen molar-refractivity contribution in [3.05, 3.63) is 58.3 Å². The molecule has 3 aromatic rings. The summed E-state index contributed by atoms with van der Waals surface area (Å²) in [5, 5.41) is 0.560. The molecule has 0 fully saturated rings. The maximum atomic E-state index is 12.6. The third-order valence-corrected chi connectivity index (χ3v) is 4.42. The van der Waals surface area contributed by atoms with Crippen molar-refractivity contribution in [2.45, 2.75) is 20.0 Å². The number of rotatable bonds is 3. The van der Waals surface area contributed by atoms with Gasteiger partial charge in [-0.1, -0.05) is 12.1 Å². The van der Waals surface area contributed by atoms with Gasteiger partial charge in [0.05, 0.1) is 5.39 Å². The molecule has 1 aromatic heterocycles. The average Bonchev–Trinajstić information content (AvgIpc) is 2.68. The number of carbonyl (C=O) groups is 1. The lowest BCUT2D eigenvalue weighted by Crippen LogP contribution is -2.34. The average molecular weight is 366 g/mol. The molecule has 0 radical (unpaired) electrons. The van der Waals surface area contributed by atoms with Gasteiger partial charge in [0.1, 0.15) is 24.6 Å². The second-order valence-electron chi connectivity index (χ2n) is 6.40. The molecule has 1 atom stereocenters. The second-order valence-corrected chi connectivity index (χ2v) is 6.40. The Morgan fingerprint density at radius 3 is 2.81 bits per heavy atom. The largest absolute Gasteiger partial charge is 0.486 e. The molecule has 1 aliphatic heterocycles. The number of esters is 1. The number of ether oxygens (including phenoxy) is 3. The number of para-hydroxylation sites is 1. The smallest absolute Gasteiger partial charge is 0.302 e. The Morgan fingerprint density at radius 1 is 1.19 bits per heavy atom. The highest BCUT2D eigenvalue weighted by Gasteiger charge is 2.23. The van der Waals surface area contributed by atoms with Crippen LogP contribution in [0.2, 0.25) is 0 Å². The molecule has 1 aliphatic rings. The van der Waals surface area contributed by atoms with Crippen LogP contribution < -0.4 is 14.9 Å². The standard InChI is InChI=1S/C21H18O6/c1-12-20(23)16-5-3-4-6-17(16)27-21(12)14-7-8-18-19(9-14)25-11-15(26-18)10-24-13(2)22/h3-9,15H,10-11H2,1-2H3. The van der Waals surface area contributed by atoms with Crippen molar-refractivity contribution in [1.82, 2.24) is 0 Å². The van der Waals surface area contributed by atoms with E-state index in [0.29, 0.717) is 33.8 Å². The van der Waals surface area contributed by atoms with E-state index in [-0.39, 0.29) is 30.7 Å². The highest BCUT2D eigenvalue weighted by Crippen LogP contribution is 2.37. The molecular formula is C21H18O6. The molecule has 2 aromatic carbocycles. The maximum absolute atomic E-state index is 12.6. The van der Waals surface area contributed by atoms with Gasteiger partial charge in [-0.3, -0.25) is 9.59 Å². The number of benzene rings is 2. The molecule has 138 valence electrons. The molecule has 4 rings (SSSR count). The van der Waals surface area contributed by atoms with Crippen LogP contribution in [0.4, 0.5) is 0 Å². The topological polar surface area (TPSA) is 75.0 Å². The summed E-state index contributed by atoms with van der Waals surface area (Å²) in [7, 11) is 0. The van der Waals surface area contributed by atoms with Gasteiger partial charge in [0, 0.05) is 18.1 Å². The van der Waals surface area contributed by atoms with E-state index in [4.69, 9.17) is 18.6 Å². The predicted octanol–water partition coefficient (Wildman–Crippen LogP) is 3.47. The Bertz CT molecular complexity index is 1080. The molecule has 0 N–H and O–H groups in total. The van der Waals surface area contributed by atoms with E-state index >= 15 is 0 Å². The molecule has 1 unspecified atom stereocenters. The molecule has 27 heavy (non-hydrogen) atoms. The lowest BCUT2D eigenvalue weighted by Gasteiger charge is -2.26. The summed E-state index contributed by atoms with van der Waals surface area (Å²) >= 11 is 0. The molecule has 0 aliphatic carbocycles. The molecule has 0 saturated carbocycles. The fourth-order valence-corrected chi connectivity index (χ4v) is 3.06. The van der Waals surface area contributed by atoms with Crippen LogP contribution in [0.15, 0.2) is 51.7 Å². The zero-order valence-corrected chi connectivity index (χ0v) is 15.0. The van der Waals surface area contributed by atoms with Crippen LogP contribution >= 0.6 is 0 Å². The number of carbonyl (C=O) groups excluding carboxylic acids is 1. The summed E-state index contributed by atoms with van der Waals surface area (Å²) in [6, 6.07) is 12.5. The first-order valence-electron chi connectivity index (χ1n) is 8.62. The van der Waals surface area contributed by atoms with Gasteiger partial charge in [-0.25, -0.2) is 0 Å². The van der Waals surface area contributed by atoms with Crippen molar-refractivity contribution < 1.29 is 23.4 Å². The molecule has 6 heteroatoms. The summed E-state index contributed by atoms with van der Waals surface area (Å²) in [6.45, 7) is 3.50. The van der Waals surface area contributed by atoms with Crippen molar-refractivity contribution in [3.8, 4) is 22.8 Å². The van der Waals surface area contributed by atoms with Crippen LogP contribution in [0.5, 0.6) is 11.5 Å². The highest BCUT2D eigenvalue weighted by atomic mass is 16.6. The second kappa shape index (κ2) is 6.79. The Labute approximate surface area is 155 Å². The van der Waals surface area contributed by atoms with Gasteiger partial charge in [0.15, 0.2) is 23.0 Å². The first kappa shape index (κ1) is 17.1. The van der Waals surface area contributed by atoms with Crippen molar-refractivity contribution in [2.75, 3.05) is 13.2 Å².